The number of aromatic nitrogens is 1. The highest BCUT2D eigenvalue weighted by atomic mass is 16.5. The second kappa shape index (κ2) is 9.99. The Bertz CT molecular complexity index is 1170. The number of amides is 2. The molecule has 1 aromatic heterocycles. The van der Waals surface area contributed by atoms with E-state index < -0.39 is 5.91 Å². The number of ether oxygens (including phenoxy) is 2. The number of hydrogen-bond acceptors (Lipinski definition) is 6. The van der Waals surface area contributed by atoms with E-state index in [1.165, 1.54) is 4.90 Å². The fourth-order valence-electron chi connectivity index (χ4n) is 3.64. The van der Waals surface area contributed by atoms with E-state index in [0.717, 1.165) is 5.56 Å². The van der Waals surface area contributed by atoms with Crippen LogP contribution < -0.4 is 14.8 Å². The smallest absolute Gasteiger partial charge is 0.278 e. The molecule has 0 fully saturated rings. The lowest BCUT2D eigenvalue weighted by atomic mass is 10.0. The van der Waals surface area contributed by atoms with Crippen molar-refractivity contribution in [3.63, 3.8) is 0 Å². The van der Waals surface area contributed by atoms with E-state index in [-0.39, 0.29) is 18.1 Å². The number of benzene rings is 2. The third-order valence-electron chi connectivity index (χ3n) is 5.16. The number of carbonyl (C=O) groups is 2. The van der Waals surface area contributed by atoms with E-state index in [1.807, 2.05) is 38.1 Å². The number of pyridine rings is 1. The van der Waals surface area contributed by atoms with Gasteiger partial charge >= 0.3 is 0 Å². The number of hydrogen-bond donors (Lipinski definition) is 1. The Hall–Kier alpha value is -4.13. The molecule has 1 N–H and O–H groups in total. The van der Waals surface area contributed by atoms with Gasteiger partial charge in [0.05, 0.1) is 31.0 Å². The van der Waals surface area contributed by atoms with E-state index >= 15 is 0 Å². The van der Waals surface area contributed by atoms with Crippen molar-refractivity contribution in [3.05, 3.63) is 89.9 Å². The van der Waals surface area contributed by atoms with Crippen LogP contribution in [0.25, 0.3) is 5.57 Å². The molecule has 0 bridgehead atoms. The van der Waals surface area contributed by atoms with Gasteiger partial charge in [-0.2, -0.15) is 0 Å². The average molecular weight is 444 g/mol. The second-order valence-corrected chi connectivity index (χ2v) is 7.31. The van der Waals surface area contributed by atoms with Crippen LogP contribution in [0, 0.1) is 0 Å². The van der Waals surface area contributed by atoms with Crippen LogP contribution in [0.1, 0.15) is 25.0 Å². The van der Waals surface area contributed by atoms with Gasteiger partial charge in [-0.15, -0.1) is 0 Å². The van der Waals surface area contributed by atoms with Gasteiger partial charge in [0, 0.05) is 12.4 Å². The summed E-state index contributed by atoms with van der Waals surface area (Å²) in [5.41, 5.74) is 2.58. The number of rotatable bonds is 9. The summed E-state index contributed by atoms with van der Waals surface area (Å²) in [6.45, 7) is 4.97. The van der Waals surface area contributed by atoms with Crippen molar-refractivity contribution in [2.24, 2.45) is 0 Å². The molecule has 7 nitrogen and oxygen atoms in total. The molecule has 3 aromatic rings. The zero-order valence-corrected chi connectivity index (χ0v) is 18.6. The maximum atomic E-state index is 13.5. The van der Waals surface area contributed by atoms with Crippen LogP contribution in [0.5, 0.6) is 11.5 Å². The zero-order chi connectivity index (χ0) is 23.2. The molecule has 1 aliphatic heterocycles. The fourth-order valence-corrected chi connectivity index (χ4v) is 3.64. The van der Waals surface area contributed by atoms with Crippen LogP contribution in [0.3, 0.4) is 0 Å². The molecule has 0 saturated heterocycles. The summed E-state index contributed by atoms with van der Waals surface area (Å²) in [6.07, 6.45) is 3.28. The third kappa shape index (κ3) is 4.72. The highest BCUT2D eigenvalue weighted by Crippen LogP contribution is 2.34. The monoisotopic (exact) mass is 443 g/mol. The fraction of sp³-hybridized carbons (Fsp3) is 0.192. The molecule has 4 rings (SSSR count). The summed E-state index contributed by atoms with van der Waals surface area (Å²) < 4.78 is 11.2. The largest absolute Gasteiger partial charge is 0.494 e. The van der Waals surface area contributed by atoms with Crippen molar-refractivity contribution in [2.75, 3.05) is 18.5 Å². The summed E-state index contributed by atoms with van der Waals surface area (Å²) in [6, 6.07) is 18.1. The van der Waals surface area contributed by atoms with Crippen LogP contribution in [-0.4, -0.2) is 34.9 Å². The number of carbonyl (C=O) groups excluding carboxylic acids is 2. The average Bonchev–Trinajstić information content (AvgIpc) is 3.06. The lowest BCUT2D eigenvalue weighted by Crippen LogP contribution is -2.32. The van der Waals surface area contributed by atoms with E-state index in [2.05, 4.69) is 10.3 Å². The van der Waals surface area contributed by atoms with Crippen molar-refractivity contribution in [2.45, 2.75) is 20.4 Å². The van der Waals surface area contributed by atoms with Crippen LogP contribution in [0.15, 0.2) is 78.8 Å². The molecular weight excluding hydrogens is 418 g/mol. The number of anilines is 1. The minimum absolute atomic E-state index is 0.152. The van der Waals surface area contributed by atoms with E-state index in [4.69, 9.17) is 9.47 Å². The van der Waals surface area contributed by atoms with Gasteiger partial charge in [-0.25, -0.2) is 0 Å². The predicted octanol–water partition coefficient (Wildman–Crippen LogP) is 4.27. The summed E-state index contributed by atoms with van der Waals surface area (Å²) in [5, 5.41) is 3.18. The Morgan fingerprint density at radius 2 is 1.55 bits per heavy atom. The van der Waals surface area contributed by atoms with Gasteiger partial charge in [-0.1, -0.05) is 24.3 Å². The molecule has 2 heterocycles. The van der Waals surface area contributed by atoms with E-state index in [0.29, 0.717) is 41.5 Å². The number of imide groups is 1. The minimum Gasteiger partial charge on any atom is -0.494 e. The van der Waals surface area contributed by atoms with Gasteiger partial charge in [0.2, 0.25) is 0 Å². The molecule has 2 amide bonds. The lowest BCUT2D eigenvalue weighted by molar-refractivity contribution is -0.137. The van der Waals surface area contributed by atoms with Crippen molar-refractivity contribution < 1.29 is 19.1 Å². The lowest BCUT2D eigenvalue weighted by Gasteiger charge is -2.16. The maximum Gasteiger partial charge on any atom is 0.278 e. The predicted molar refractivity (Wildman–Crippen MR) is 126 cm³/mol. The van der Waals surface area contributed by atoms with Crippen LogP contribution >= 0.6 is 0 Å². The van der Waals surface area contributed by atoms with Crippen LogP contribution in [-0.2, 0) is 16.1 Å². The SMILES string of the molecule is CCOc1ccc(C2=C(Nc3ccccc3OCC)C(=O)N(Cc3ccncc3)C2=O)cc1. The minimum atomic E-state index is -0.396. The molecule has 1 aliphatic rings. The van der Waals surface area contributed by atoms with Crippen molar-refractivity contribution in [3.8, 4) is 11.5 Å². The van der Waals surface area contributed by atoms with Gasteiger partial charge in [0.1, 0.15) is 17.2 Å². The Labute approximate surface area is 192 Å². The van der Waals surface area contributed by atoms with Gasteiger partial charge in [-0.3, -0.25) is 19.5 Å². The first-order chi connectivity index (χ1) is 16.1. The Morgan fingerprint density at radius 1 is 0.848 bits per heavy atom. The molecule has 168 valence electrons. The molecule has 2 aromatic carbocycles. The number of nitrogens with one attached hydrogen (secondary N) is 1. The highest BCUT2D eigenvalue weighted by molar-refractivity contribution is 6.36. The maximum absolute atomic E-state index is 13.5. The van der Waals surface area contributed by atoms with Gasteiger partial charge in [-0.05, 0) is 61.4 Å². The summed E-state index contributed by atoms with van der Waals surface area (Å²) in [5.74, 6) is 0.541. The molecule has 0 atom stereocenters. The van der Waals surface area contributed by atoms with Crippen molar-refractivity contribution in [1.82, 2.24) is 9.88 Å². The quantitative estimate of drug-likeness (QED) is 0.498. The van der Waals surface area contributed by atoms with Crippen LogP contribution in [0.2, 0.25) is 0 Å². The Morgan fingerprint density at radius 3 is 2.24 bits per heavy atom. The standard InChI is InChI=1S/C26H25N3O4/c1-3-32-20-11-9-19(10-12-20)23-24(28-21-7-5-6-8-22(21)33-4-2)26(31)29(25(23)30)17-18-13-15-27-16-14-18/h5-16,28H,3-4,17H2,1-2H3. The van der Waals surface area contributed by atoms with E-state index in [1.54, 1.807) is 48.8 Å². The number of para-hydroxylation sites is 2. The molecule has 7 heteroatoms. The van der Waals surface area contributed by atoms with Gasteiger partial charge in [0.25, 0.3) is 11.8 Å². The Balaban J connectivity index is 1.74. The molecule has 0 spiro atoms. The number of nitrogens with zero attached hydrogens (tertiary/aromatic N) is 2. The Kier molecular flexibility index (Phi) is 6.69. The highest BCUT2D eigenvalue weighted by Gasteiger charge is 2.39. The second-order valence-electron chi connectivity index (χ2n) is 7.31. The van der Waals surface area contributed by atoms with Gasteiger partial charge in [0.15, 0.2) is 0 Å². The summed E-state index contributed by atoms with van der Waals surface area (Å²) >= 11 is 0. The topological polar surface area (TPSA) is 80.8 Å². The molecule has 0 aliphatic carbocycles. The first-order valence-electron chi connectivity index (χ1n) is 10.8. The third-order valence-corrected chi connectivity index (χ3v) is 5.16. The van der Waals surface area contributed by atoms with Crippen LogP contribution in [0.4, 0.5) is 5.69 Å². The summed E-state index contributed by atoms with van der Waals surface area (Å²) in [7, 11) is 0. The molecule has 33 heavy (non-hydrogen) atoms. The zero-order valence-electron chi connectivity index (χ0n) is 18.6. The first-order valence-corrected chi connectivity index (χ1v) is 10.8. The molecular formula is C26H25N3O4. The molecule has 0 unspecified atom stereocenters. The first kappa shape index (κ1) is 22.1. The summed E-state index contributed by atoms with van der Waals surface area (Å²) in [4.78, 5) is 32.2. The van der Waals surface area contributed by atoms with Crippen molar-refractivity contribution in [1.29, 1.82) is 0 Å². The van der Waals surface area contributed by atoms with Gasteiger partial charge < -0.3 is 14.8 Å². The molecule has 0 saturated carbocycles. The normalized spacial score (nSPS) is 13.5. The van der Waals surface area contributed by atoms with E-state index in [9.17, 15) is 9.59 Å². The molecule has 0 radical (unpaired) electrons. The van der Waals surface area contributed by atoms with Crippen molar-refractivity contribution >= 4 is 23.1 Å².